The van der Waals surface area contributed by atoms with Crippen molar-refractivity contribution >= 4 is 24.5 Å². The molecule has 0 fully saturated rings. The Kier molecular flexibility index (Phi) is 3.41. The molecule has 0 radical (unpaired) electrons. The topological polar surface area (TPSA) is 46.2 Å². The SMILES string of the molecule is CC(=O)c1cc(F)c(C(=O)NS)c(F)c1. The minimum atomic E-state index is -1.09. The van der Waals surface area contributed by atoms with Crippen LogP contribution in [0.5, 0.6) is 0 Å². The summed E-state index contributed by atoms with van der Waals surface area (Å²) in [6.07, 6.45) is 0. The van der Waals surface area contributed by atoms with Gasteiger partial charge in [0.15, 0.2) is 5.78 Å². The molecule has 80 valence electrons. The lowest BCUT2D eigenvalue weighted by Crippen LogP contribution is -2.17. The van der Waals surface area contributed by atoms with Crippen LogP contribution in [0.1, 0.15) is 27.6 Å². The second-order valence-corrected chi connectivity index (χ2v) is 3.04. The molecule has 0 heterocycles. The number of carbonyl (C=O) groups is 2. The molecule has 1 aromatic rings. The summed E-state index contributed by atoms with van der Waals surface area (Å²) in [5, 5.41) is 0. The molecule has 0 atom stereocenters. The molecule has 0 aliphatic heterocycles. The van der Waals surface area contributed by atoms with E-state index >= 15 is 0 Å². The Hall–Kier alpha value is -1.43. The Bertz CT molecular complexity index is 411. The molecular weight excluding hydrogens is 224 g/mol. The molecule has 15 heavy (non-hydrogen) atoms. The fourth-order valence-corrected chi connectivity index (χ4v) is 1.16. The summed E-state index contributed by atoms with van der Waals surface area (Å²) in [6, 6.07) is 1.62. The number of rotatable bonds is 2. The number of hydrogen-bond donors (Lipinski definition) is 2. The van der Waals surface area contributed by atoms with Crippen molar-refractivity contribution in [3.63, 3.8) is 0 Å². The molecule has 1 aromatic carbocycles. The van der Waals surface area contributed by atoms with Crippen LogP contribution >= 0.6 is 12.8 Å². The van der Waals surface area contributed by atoms with E-state index in [1.807, 2.05) is 0 Å². The van der Waals surface area contributed by atoms with Gasteiger partial charge in [-0.1, -0.05) is 12.8 Å². The van der Waals surface area contributed by atoms with Gasteiger partial charge in [-0.2, -0.15) is 0 Å². The summed E-state index contributed by atoms with van der Waals surface area (Å²) in [7, 11) is 0. The summed E-state index contributed by atoms with van der Waals surface area (Å²) in [6.45, 7) is 1.17. The zero-order chi connectivity index (χ0) is 11.6. The predicted octanol–water partition coefficient (Wildman–Crippen LogP) is 1.74. The van der Waals surface area contributed by atoms with Crippen LogP contribution in [-0.4, -0.2) is 11.7 Å². The van der Waals surface area contributed by atoms with Crippen LogP contribution in [0.3, 0.4) is 0 Å². The molecule has 0 aliphatic rings. The molecule has 1 N–H and O–H groups in total. The minimum Gasteiger partial charge on any atom is -0.298 e. The zero-order valence-electron chi connectivity index (χ0n) is 7.67. The van der Waals surface area contributed by atoms with E-state index in [0.29, 0.717) is 0 Å². The van der Waals surface area contributed by atoms with E-state index in [9.17, 15) is 18.4 Å². The first-order chi connectivity index (χ1) is 6.97. The maximum absolute atomic E-state index is 13.2. The first-order valence-electron chi connectivity index (χ1n) is 3.91. The van der Waals surface area contributed by atoms with Crippen molar-refractivity contribution in [2.24, 2.45) is 0 Å². The highest BCUT2D eigenvalue weighted by atomic mass is 32.1. The Morgan fingerprint density at radius 1 is 1.27 bits per heavy atom. The van der Waals surface area contributed by atoms with E-state index in [4.69, 9.17) is 0 Å². The lowest BCUT2D eigenvalue weighted by molar-refractivity contribution is 0.0971. The molecule has 0 aromatic heterocycles. The number of amides is 1. The fraction of sp³-hybridized carbons (Fsp3) is 0.111. The van der Waals surface area contributed by atoms with Crippen molar-refractivity contribution in [3.8, 4) is 0 Å². The minimum absolute atomic E-state index is 0.124. The molecule has 0 unspecified atom stereocenters. The maximum atomic E-state index is 13.2. The number of Topliss-reactive ketones (excluding diaryl/α,β-unsaturated/α-hetero) is 1. The van der Waals surface area contributed by atoms with Gasteiger partial charge in [0.1, 0.15) is 17.2 Å². The first-order valence-corrected chi connectivity index (χ1v) is 4.36. The van der Waals surface area contributed by atoms with Crippen LogP contribution < -0.4 is 4.72 Å². The van der Waals surface area contributed by atoms with Gasteiger partial charge in [0.25, 0.3) is 5.91 Å². The van der Waals surface area contributed by atoms with Gasteiger partial charge in [-0.05, 0) is 19.1 Å². The van der Waals surface area contributed by atoms with E-state index in [1.54, 1.807) is 4.72 Å². The highest BCUT2D eigenvalue weighted by molar-refractivity contribution is 7.78. The molecule has 0 saturated carbocycles. The first kappa shape index (κ1) is 11.6. The quantitative estimate of drug-likeness (QED) is 0.601. The van der Waals surface area contributed by atoms with Crippen molar-refractivity contribution in [3.05, 3.63) is 34.9 Å². The number of halogens is 2. The van der Waals surface area contributed by atoms with Gasteiger partial charge >= 0.3 is 0 Å². The van der Waals surface area contributed by atoms with Crippen molar-refractivity contribution in [1.82, 2.24) is 4.72 Å². The van der Waals surface area contributed by atoms with Gasteiger partial charge in [-0.3, -0.25) is 14.3 Å². The highest BCUT2D eigenvalue weighted by Gasteiger charge is 2.18. The third-order valence-electron chi connectivity index (χ3n) is 1.78. The molecule has 3 nitrogen and oxygen atoms in total. The van der Waals surface area contributed by atoms with Gasteiger partial charge in [0.05, 0.1) is 0 Å². The number of nitrogens with one attached hydrogen (secondary N) is 1. The van der Waals surface area contributed by atoms with Crippen LogP contribution in [0.4, 0.5) is 8.78 Å². The van der Waals surface area contributed by atoms with Crippen LogP contribution in [0.2, 0.25) is 0 Å². The molecule has 0 aliphatic carbocycles. The van der Waals surface area contributed by atoms with E-state index in [-0.39, 0.29) is 5.56 Å². The zero-order valence-corrected chi connectivity index (χ0v) is 8.57. The predicted molar refractivity (Wildman–Crippen MR) is 52.8 cm³/mol. The van der Waals surface area contributed by atoms with Crippen LogP contribution in [0.25, 0.3) is 0 Å². The number of thiol groups is 1. The molecule has 1 amide bonds. The van der Waals surface area contributed by atoms with Gasteiger partial charge < -0.3 is 0 Å². The average molecular weight is 231 g/mol. The Labute approximate surface area is 90.0 Å². The number of hydrogen-bond acceptors (Lipinski definition) is 3. The summed E-state index contributed by atoms with van der Waals surface area (Å²) in [4.78, 5) is 21.8. The number of ketones is 1. The van der Waals surface area contributed by atoms with Crippen LogP contribution in [0, 0.1) is 11.6 Å². The van der Waals surface area contributed by atoms with Gasteiger partial charge in [0, 0.05) is 5.56 Å². The van der Waals surface area contributed by atoms with Crippen molar-refractivity contribution < 1.29 is 18.4 Å². The second-order valence-electron chi connectivity index (χ2n) is 2.81. The Morgan fingerprint density at radius 2 is 1.73 bits per heavy atom. The summed E-state index contributed by atoms with van der Waals surface area (Å²) < 4.78 is 28.2. The standard InChI is InChI=1S/C9H7F2NO2S/c1-4(13)5-2-6(10)8(7(11)3-5)9(14)12-15/h2-3,15H,1H3,(H,12,14). The summed E-state index contributed by atoms with van der Waals surface area (Å²) >= 11 is 3.39. The molecular formula is C9H7F2NO2S. The van der Waals surface area contributed by atoms with Crippen molar-refractivity contribution in [2.45, 2.75) is 6.92 Å². The Balaban J connectivity index is 3.33. The number of carbonyl (C=O) groups excluding carboxylic acids is 2. The largest absolute Gasteiger partial charge is 0.298 e. The molecule has 0 saturated heterocycles. The highest BCUT2D eigenvalue weighted by Crippen LogP contribution is 2.16. The third-order valence-corrected chi connectivity index (χ3v) is 1.98. The van der Waals surface area contributed by atoms with Crippen molar-refractivity contribution in [2.75, 3.05) is 0 Å². The van der Waals surface area contributed by atoms with E-state index < -0.39 is 28.9 Å². The van der Waals surface area contributed by atoms with Crippen LogP contribution in [0.15, 0.2) is 12.1 Å². The number of benzene rings is 1. The monoisotopic (exact) mass is 231 g/mol. The maximum Gasteiger partial charge on any atom is 0.266 e. The average Bonchev–Trinajstić information content (AvgIpc) is 2.16. The van der Waals surface area contributed by atoms with Gasteiger partial charge in [-0.15, -0.1) is 0 Å². The van der Waals surface area contributed by atoms with Gasteiger partial charge in [-0.25, -0.2) is 8.78 Å². The molecule has 0 spiro atoms. The lowest BCUT2D eigenvalue weighted by atomic mass is 10.1. The normalized spacial score (nSPS) is 9.87. The smallest absolute Gasteiger partial charge is 0.266 e. The fourth-order valence-electron chi connectivity index (χ4n) is 1.05. The molecule has 1 rings (SSSR count). The summed E-state index contributed by atoms with van der Waals surface area (Å²) in [5.74, 6) is -3.66. The third kappa shape index (κ3) is 2.33. The second kappa shape index (κ2) is 4.39. The van der Waals surface area contributed by atoms with E-state index in [2.05, 4.69) is 12.8 Å². The molecule has 0 bridgehead atoms. The van der Waals surface area contributed by atoms with Crippen LogP contribution in [-0.2, 0) is 0 Å². The summed E-state index contributed by atoms with van der Waals surface area (Å²) in [5.41, 5.74) is -0.879. The van der Waals surface area contributed by atoms with Gasteiger partial charge in [0.2, 0.25) is 0 Å². The van der Waals surface area contributed by atoms with Crippen molar-refractivity contribution in [1.29, 1.82) is 0 Å². The molecule has 6 heteroatoms. The lowest BCUT2D eigenvalue weighted by Gasteiger charge is -2.04. The Morgan fingerprint density at radius 3 is 2.07 bits per heavy atom. The van der Waals surface area contributed by atoms with E-state index in [1.165, 1.54) is 6.92 Å². The van der Waals surface area contributed by atoms with E-state index in [0.717, 1.165) is 12.1 Å².